The van der Waals surface area contributed by atoms with Crippen LogP contribution in [-0.2, 0) is 4.79 Å². The van der Waals surface area contributed by atoms with Crippen molar-refractivity contribution in [3.05, 3.63) is 54.6 Å². The number of fused-ring (bicyclic) bond motifs is 1. The van der Waals surface area contributed by atoms with Crippen LogP contribution in [-0.4, -0.2) is 27.5 Å². The molecule has 27 heavy (non-hydrogen) atoms. The van der Waals surface area contributed by atoms with E-state index < -0.39 is 10.8 Å². The standard InChI is InChI=1S/C17H18N4O5S/c1-8(2)20-16(23)14-11(7-13(22)18-15(14)19-17(20)27)10-5-4-9(26-3)6-12(10)21(24)25/h4-6,8,11H,7H2,1-3H3,(H,18,22)(H,19,27). The number of hydrogen-bond acceptors (Lipinski definition) is 6. The Labute approximate surface area is 159 Å². The van der Waals surface area contributed by atoms with E-state index in [1.54, 1.807) is 6.07 Å². The first-order valence-electron chi connectivity index (χ1n) is 8.25. The maximum Gasteiger partial charge on any atom is 0.276 e. The van der Waals surface area contributed by atoms with Gasteiger partial charge < -0.3 is 15.0 Å². The number of nitro benzene ring substituents is 1. The third-order valence-electron chi connectivity index (χ3n) is 4.50. The molecule has 10 heteroatoms. The predicted molar refractivity (Wildman–Crippen MR) is 101 cm³/mol. The van der Waals surface area contributed by atoms with Crippen molar-refractivity contribution in [2.75, 3.05) is 12.4 Å². The summed E-state index contributed by atoms with van der Waals surface area (Å²) in [6, 6.07) is 4.16. The van der Waals surface area contributed by atoms with Crippen LogP contribution in [0.2, 0.25) is 0 Å². The molecule has 1 atom stereocenters. The number of carbonyl (C=O) groups excluding carboxylic acids is 1. The van der Waals surface area contributed by atoms with Gasteiger partial charge in [0.2, 0.25) is 5.91 Å². The molecule has 142 valence electrons. The van der Waals surface area contributed by atoms with E-state index in [0.717, 1.165) is 0 Å². The molecule has 0 aliphatic carbocycles. The van der Waals surface area contributed by atoms with Gasteiger partial charge in [0.25, 0.3) is 11.2 Å². The van der Waals surface area contributed by atoms with Gasteiger partial charge in [0.05, 0.1) is 23.7 Å². The molecule has 1 aliphatic heterocycles. The molecule has 0 radical (unpaired) electrons. The second kappa shape index (κ2) is 6.95. The largest absolute Gasteiger partial charge is 0.497 e. The number of amides is 1. The Hall–Kier alpha value is -3.01. The lowest BCUT2D eigenvalue weighted by molar-refractivity contribution is -0.385. The average molecular weight is 390 g/mol. The smallest absolute Gasteiger partial charge is 0.276 e. The Kier molecular flexibility index (Phi) is 4.83. The van der Waals surface area contributed by atoms with E-state index in [-0.39, 0.29) is 51.3 Å². The molecule has 0 fully saturated rings. The number of hydrogen-bond donors (Lipinski definition) is 2. The van der Waals surface area contributed by atoms with Gasteiger partial charge in [0, 0.05) is 23.9 Å². The summed E-state index contributed by atoms with van der Waals surface area (Å²) < 4.78 is 6.63. The number of nitrogens with zero attached hydrogens (tertiary/aromatic N) is 2. The van der Waals surface area contributed by atoms with Gasteiger partial charge in [-0.2, -0.15) is 0 Å². The van der Waals surface area contributed by atoms with Crippen LogP contribution in [0.5, 0.6) is 5.75 Å². The lowest BCUT2D eigenvalue weighted by Crippen LogP contribution is -2.35. The summed E-state index contributed by atoms with van der Waals surface area (Å²) in [5, 5.41) is 14.2. The number of nitrogens with one attached hydrogen (secondary N) is 2. The molecule has 1 aromatic carbocycles. The molecule has 1 aromatic heterocycles. The molecule has 2 aromatic rings. The third-order valence-corrected chi connectivity index (χ3v) is 4.80. The molecule has 2 N–H and O–H groups in total. The summed E-state index contributed by atoms with van der Waals surface area (Å²) >= 11 is 5.23. The zero-order chi connectivity index (χ0) is 19.9. The van der Waals surface area contributed by atoms with Crippen molar-refractivity contribution in [1.29, 1.82) is 0 Å². The summed E-state index contributed by atoms with van der Waals surface area (Å²) in [7, 11) is 1.41. The molecule has 1 amide bonds. The van der Waals surface area contributed by atoms with Crippen LogP contribution < -0.4 is 15.6 Å². The highest BCUT2D eigenvalue weighted by Crippen LogP contribution is 2.39. The van der Waals surface area contributed by atoms with Crippen LogP contribution in [0.25, 0.3) is 0 Å². The highest BCUT2D eigenvalue weighted by molar-refractivity contribution is 7.71. The summed E-state index contributed by atoms with van der Waals surface area (Å²) in [6.07, 6.45) is -0.0852. The van der Waals surface area contributed by atoms with E-state index in [1.165, 1.54) is 23.8 Å². The Bertz CT molecular complexity index is 1060. The first-order valence-corrected chi connectivity index (χ1v) is 8.66. The summed E-state index contributed by atoms with van der Waals surface area (Å²) in [5.41, 5.74) is -0.0585. The Morgan fingerprint density at radius 1 is 1.37 bits per heavy atom. The predicted octanol–water partition coefficient (Wildman–Crippen LogP) is 2.88. The molecular formula is C17H18N4O5S. The van der Waals surface area contributed by atoms with Crippen LogP contribution in [0.4, 0.5) is 11.5 Å². The molecule has 1 aliphatic rings. The van der Waals surface area contributed by atoms with Crippen molar-refractivity contribution in [2.45, 2.75) is 32.2 Å². The monoisotopic (exact) mass is 390 g/mol. The van der Waals surface area contributed by atoms with Gasteiger partial charge in [-0.1, -0.05) is 0 Å². The van der Waals surface area contributed by atoms with E-state index in [4.69, 9.17) is 17.0 Å². The fraction of sp³-hybridized carbons (Fsp3) is 0.353. The highest BCUT2D eigenvalue weighted by atomic mass is 32.1. The van der Waals surface area contributed by atoms with Crippen LogP contribution in [0.15, 0.2) is 23.0 Å². The van der Waals surface area contributed by atoms with Gasteiger partial charge in [-0.25, -0.2) is 0 Å². The van der Waals surface area contributed by atoms with Crippen molar-refractivity contribution in [3.8, 4) is 5.75 Å². The minimum Gasteiger partial charge on any atom is -0.497 e. The molecule has 0 saturated heterocycles. The number of benzene rings is 1. The van der Waals surface area contributed by atoms with Gasteiger partial charge in [0.15, 0.2) is 4.77 Å². The molecule has 3 rings (SSSR count). The van der Waals surface area contributed by atoms with Crippen LogP contribution >= 0.6 is 12.2 Å². The lowest BCUT2D eigenvalue weighted by Gasteiger charge is -2.26. The number of methoxy groups -OCH3 is 1. The van der Waals surface area contributed by atoms with E-state index in [1.807, 2.05) is 13.8 Å². The average Bonchev–Trinajstić information content (AvgIpc) is 2.59. The first-order chi connectivity index (χ1) is 12.7. The van der Waals surface area contributed by atoms with E-state index >= 15 is 0 Å². The Morgan fingerprint density at radius 3 is 2.67 bits per heavy atom. The maximum atomic E-state index is 13.1. The second-order valence-electron chi connectivity index (χ2n) is 6.47. The fourth-order valence-electron chi connectivity index (χ4n) is 3.30. The number of anilines is 1. The fourth-order valence-corrected chi connectivity index (χ4v) is 3.70. The number of rotatable bonds is 4. The van der Waals surface area contributed by atoms with Crippen molar-refractivity contribution >= 4 is 29.6 Å². The summed E-state index contributed by atoms with van der Waals surface area (Å²) in [6.45, 7) is 3.62. The topological polar surface area (TPSA) is 119 Å². The summed E-state index contributed by atoms with van der Waals surface area (Å²) in [5.74, 6) is -0.624. The molecule has 0 bridgehead atoms. The maximum absolute atomic E-state index is 13.1. The molecule has 0 spiro atoms. The number of ether oxygens (including phenoxy) is 1. The van der Waals surface area contributed by atoms with Crippen LogP contribution in [0, 0.1) is 14.9 Å². The molecule has 2 heterocycles. The second-order valence-corrected chi connectivity index (χ2v) is 6.86. The van der Waals surface area contributed by atoms with Gasteiger partial charge in [0.1, 0.15) is 11.6 Å². The van der Waals surface area contributed by atoms with Gasteiger partial charge >= 0.3 is 0 Å². The number of aromatic amines is 1. The first kappa shape index (κ1) is 18.8. The van der Waals surface area contributed by atoms with Gasteiger partial charge in [-0.15, -0.1) is 0 Å². The minimum atomic E-state index is -0.774. The quantitative estimate of drug-likeness (QED) is 0.471. The Morgan fingerprint density at radius 2 is 2.07 bits per heavy atom. The van der Waals surface area contributed by atoms with Crippen molar-refractivity contribution < 1.29 is 14.5 Å². The molecular weight excluding hydrogens is 372 g/mol. The number of nitro groups is 1. The normalized spacial score (nSPS) is 16.0. The minimum absolute atomic E-state index is 0.0852. The third kappa shape index (κ3) is 3.23. The van der Waals surface area contributed by atoms with Crippen LogP contribution in [0.3, 0.4) is 0 Å². The zero-order valence-corrected chi connectivity index (χ0v) is 15.8. The zero-order valence-electron chi connectivity index (χ0n) is 14.9. The Balaban J connectivity index is 2.31. The SMILES string of the molecule is COc1ccc(C2CC(=O)Nc3[nH]c(=S)n(C(C)C)c(=O)c32)c([N+](=O)[O-])c1. The van der Waals surface area contributed by atoms with Gasteiger partial charge in [-0.05, 0) is 38.2 Å². The number of carbonyl (C=O) groups is 1. The molecule has 9 nitrogen and oxygen atoms in total. The van der Waals surface area contributed by atoms with Crippen molar-refractivity contribution in [1.82, 2.24) is 9.55 Å². The van der Waals surface area contributed by atoms with E-state index in [2.05, 4.69) is 10.3 Å². The summed E-state index contributed by atoms with van der Waals surface area (Å²) in [4.78, 5) is 39.2. The van der Waals surface area contributed by atoms with E-state index in [0.29, 0.717) is 5.75 Å². The van der Waals surface area contributed by atoms with Gasteiger partial charge in [-0.3, -0.25) is 24.3 Å². The van der Waals surface area contributed by atoms with Crippen LogP contribution in [0.1, 0.15) is 43.4 Å². The van der Waals surface area contributed by atoms with E-state index in [9.17, 15) is 19.7 Å². The van der Waals surface area contributed by atoms with Crippen molar-refractivity contribution in [2.24, 2.45) is 0 Å². The number of H-pyrrole nitrogens is 1. The number of aromatic nitrogens is 2. The lowest BCUT2D eigenvalue weighted by atomic mass is 9.85. The molecule has 0 saturated carbocycles. The van der Waals surface area contributed by atoms with Crippen molar-refractivity contribution in [3.63, 3.8) is 0 Å². The molecule has 1 unspecified atom stereocenters. The highest BCUT2D eigenvalue weighted by Gasteiger charge is 2.35.